The molecule has 0 aromatic carbocycles. The summed E-state index contributed by atoms with van der Waals surface area (Å²) in [5, 5.41) is 11.1. The minimum absolute atomic E-state index is 0.0376. The van der Waals surface area contributed by atoms with Gasteiger partial charge in [0.2, 0.25) is 0 Å². The average molecular weight is 322 g/mol. The van der Waals surface area contributed by atoms with Crippen molar-refractivity contribution in [3.05, 3.63) is 16.3 Å². The lowest BCUT2D eigenvalue weighted by Crippen LogP contribution is -2.44. The van der Waals surface area contributed by atoms with Crippen molar-refractivity contribution in [2.75, 3.05) is 13.6 Å². The van der Waals surface area contributed by atoms with Crippen molar-refractivity contribution >= 4 is 5.96 Å². The van der Waals surface area contributed by atoms with Crippen LogP contribution < -0.4 is 16.3 Å². The van der Waals surface area contributed by atoms with Gasteiger partial charge in [0.15, 0.2) is 5.96 Å². The molecule has 0 saturated heterocycles. The van der Waals surface area contributed by atoms with Crippen molar-refractivity contribution in [2.45, 2.75) is 65.6 Å². The molecule has 0 bridgehead atoms. The summed E-state index contributed by atoms with van der Waals surface area (Å²) in [7, 11) is 1.77. The SMILES string of the molecule is CN=C(NCCCn1nc2n(c1=O)CCCC2)NC(C)C(C)C. The molecule has 7 heteroatoms. The van der Waals surface area contributed by atoms with Crippen molar-refractivity contribution in [3.63, 3.8) is 0 Å². The first kappa shape index (κ1) is 17.6. The molecule has 1 aliphatic rings. The van der Waals surface area contributed by atoms with E-state index in [1.807, 2.05) is 4.57 Å². The molecule has 2 rings (SSSR count). The van der Waals surface area contributed by atoms with Crippen LogP contribution in [0.4, 0.5) is 0 Å². The lowest BCUT2D eigenvalue weighted by molar-refractivity contribution is 0.478. The number of rotatable bonds is 6. The molecular formula is C16H30N6O. The van der Waals surface area contributed by atoms with Crippen molar-refractivity contribution in [2.24, 2.45) is 10.9 Å². The van der Waals surface area contributed by atoms with E-state index in [0.717, 1.165) is 50.6 Å². The number of aryl methyl sites for hydroxylation is 2. The van der Waals surface area contributed by atoms with Gasteiger partial charge < -0.3 is 10.6 Å². The van der Waals surface area contributed by atoms with E-state index in [1.54, 1.807) is 11.7 Å². The van der Waals surface area contributed by atoms with Crippen LogP contribution in [0.2, 0.25) is 0 Å². The number of guanidine groups is 1. The number of aromatic nitrogens is 3. The van der Waals surface area contributed by atoms with Gasteiger partial charge >= 0.3 is 5.69 Å². The first-order chi connectivity index (χ1) is 11.0. The first-order valence-electron chi connectivity index (χ1n) is 8.66. The van der Waals surface area contributed by atoms with Gasteiger partial charge in [0.25, 0.3) is 0 Å². The minimum Gasteiger partial charge on any atom is -0.356 e. The zero-order valence-corrected chi connectivity index (χ0v) is 14.8. The van der Waals surface area contributed by atoms with Crippen LogP contribution in [0.5, 0.6) is 0 Å². The Bertz CT molecular complexity index is 586. The van der Waals surface area contributed by atoms with E-state index in [9.17, 15) is 4.79 Å². The fraction of sp³-hybridized carbons (Fsp3) is 0.812. The topological polar surface area (TPSA) is 76.2 Å². The van der Waals surface area contributed by atoms with Gasteiger partial charge in [-0.3, -0.25) is 9.56 Å². The van der Waals surface area contributed by atoms with Crippen molar-refractivity contribution < 1.29 is 0 Å². The van der Waals surface area contributed by atoms with E-state index in [4.69, 9.17) is 0 Å². The highest BCUT2D eigenvalue weighted by Crippen LogP contribution is 2.09. The maximum Gasteiger partial charge on any atom is 0.345 e. The fourth-order valence-corrected chi connectivity index (χ4v) is 2.61. The second-order valence-electron chi connectivity index (χ2n) is 6.56. The standard InChI is InChI=1S/C16H30N6O/c1-12(2)13(3)19-15(17-4)18-9-7-11-22-16(23)21-10-6-5-8-14(21)20-22/h12-13H,5-11H2,1-4H3,(H2,17,18,19). The zero-order chi connectivity index (χ0) is 16.8. The van der Waals surface area contributed by atoms with Gasteiger partial charge in [-0.15, -0.1) is 0 Å². The van der Waals surface area contributed by atoms with Crippen LogP contribution in [-0.4, -0.2) is 39.9 Å². The smallest absolute Gasteiger partial charge is 0.345 e. The highest BCUT2D eigenvalue weighted by Gasteiger charge is 2.16. The molecule has 0 radical (unpaired) electrons. The molecule has 0 saturated carbocycles. The molecule has 2 heterocycles. The minimum atomic E-state index is 0.0376. The summed E-state index contributed by atoms with van der Waals surface area (Å²) in [5.74, 6) is 2.30. The summed E-state index contributed by atoms with van der Waals surface area (Å²) in [6.07, 6.45) is 3.97. The van der Waals surface area contributed by atoms with Gasteiger partial charge in [-0.25, -0.2) is 9.48 Å². The second-order valence-corrected chi connectivity index (χ2v) is 6.56. The van der Waals surface area contributed by atoms with Gasteiger partial charge in [-0.2, -0.15) is 5.10 Å². The Morgan fingerprint density at radius 1 is 1.35 bits per heavy atom. The van der Waals surface area contributed by atoms with Crippen LogP contribution in [0.1, 0.15) is 45.9 Å². The Balaban J connectivity index is 1.79. The van der Waals surface area contributed by atoms with E-state index >= 15 is 0 Å². The second kappa shape index (κ2) is 8.17. The molecule has 0 aliphatic carbocycles. The Morgan fingerprint density at radius 2 is 2.13 bits per heavy atom. The maximum atomic E-state index is 12.2. The number of hydrogen-bond donors (Lipinski definition) is 2. The largest absolute Gasteiger partial charge is 0.356 e. The molecule has 1 aliphatic heterocycles. The molecule has 2 N–H and O–H groups in total. The molecule has 0 fully saturated rings. The van der Waals surface area contributed by atoms with E-state index in [2.05, 4.69) is 41.5 Å². The van der Waals surface area contributed by atoms with E-state index in [-0.39, 0.29) is 5.69 Å². The van der Waals surface area contributed by atoms with Crippen molar-refractivity contribution in [1.82, 2.24) is 25.0 Å². The van der Waals surface area contributed by atoms with Gasteiger partial charge in [-0.1, -0.05) is 13.8 Å². The highest BCUT2D eigenvalue weighted by molar-refractivity contribution is 5.79. The van der Waals surface area contributed by atoms with Gasteiger partial charge in [0.1, 0.15) is 5.82 Å². The maximum absolute atomic E-state index is 12.2. The molecule has 0 spiro atoms. The van der Waals surface area contributed by atoms with Gasteiger partial charge in [-0.05, 0) is 32.1 Å². The molecular weight excluding hydrogens is 292 g/mol. The number of fused-ring (bicyclic) bond motifs is 1. The van der Waals surface area contributed by atoms with E-state index < -0.39 is 0 Å². The van der Waals surface area contributed by atoms with Crippen molar-refractivity contribution in [3.8, 4) is 0 Å². The lowest BCUT2D eigenvalue weighted by Gasteiger charge is -2.20. The third kappa shape index (κ3) is 4.59. The first-order valence-corrected chi connectivity index (χ1v) is 8.66. The van der Waals surface area contributed by atoms with Crippen LogP contribution in [0.15, 0.2) is 9.79 Å². The fourth-order valence-electron chi connectivity index (χ4n) is 2.61. The summed E-state index contributed by atoms with van der Waals surface area (Å²) in [5.41, 5.74) is 0.0376. The van der Waals surface area contributed by atoms with Crippen LogP contribution in [-0.2, 0) is 19.5 Å². The summed E-state index contributed by atoms with van der Waals surface area (Å²) < 4.78 is 3.43. The van der Waals surface area contributed by atoms with Crippen molar-refractivity contribution in [1.29, 1.82) is 0 Å². The molecule has 130 valence electrons. The molecule has 1 atom stereocenters. The van der Waals surface area contributed by atoms with Crippen LogP contribution >= 0.6 is 0 Å². The summed E-state index contributed by atoms with van der Waals surface area (Å²) >= 11 is 0. The quantitative estimate of drug-likeness (QED) is 0.465. The summed E-state index contributed by atoms with van der Waals surface area (Å²) in [6, 6.07) is 0.365. The van der Waals surface area contributed by atoms with Gasteiger partial charge in [0.05, 0.1) is 0 Å². The molecule has 7 nitrogen and oxygen atoms in total. The average Bonchev–Trinajstić information content (AvgIpc) is 2.86. The third-order valence-electron chi connectivity index (χ3n) is 4.46. The van der Waals surface area contributed by atoms with Crippen LogP contribution in [0.3, 0.4) is 0 Å². The zero-order valence-electron chi connectivity index (χ0n) is 14.8. The predicted octanol–water partition coefficient (Wildman–Crippen LogP) is 0.981. The molecule has 23 heavy (non-hydrogen) atoms. The van der Waals surface area contributed by atoms with Crippen LogP contribution in [0.25, 0.3) is 0 Å². The highest BCUT2D eigenvalue weighted by atomic mass is 16.2. The number of nitrogens with one attached hydrogen (secondary N) is 2. The Hall–Kier alpha value is -1.79. The third-order valence-corrected chi connectivity index (χ3v) is 4.46. The Kier molecular flexibility index (Phi) is 6.24. The normalized spacial score (nSPS) is 16.3. The lowest BCUT2D eigenvalue weighted by atomic mass is 10.1. The predicted molar refractivity (Wildman–Crippen MR) is 92.8 cm³/mol. The summed E-state index contributed by atoms with van der Waals surface area (Å²) in [4.78, 5) is 16.5. The number of aliphatic imine (C=N–C) groups is 1. The molecule has 1 unspecified atom stereocenters. The van der Waals surface area contributed by atoms with E-state index in [0.29, 0.717) is 18.5 Å². The number of hydrogen-bond acceptors (Lipinski definition) is 3. The van der Waals surface area contributed by atoms with E-state index in [1.165, 1.54) is 0 Å². The monoisotopic (exact) mass is 322 g/mol. The van der Waals surface area contributed by atoms with Gasteiger partial charge in [0, 0.05) is 39.1 Å². The molecule has 0 amide bonds. The molecule has 1 aromatic rings. The summed E-state index contributed by atoms with van der Waals surface area (Å²) in [6.45, 7) is 8.72. The van der Waals surface area contributed by atoms with Crippen LogP contribution in [0, 0.1) is 5.92 Å². The number of nitrogens with zero attached hydrogens (tertiary/aromatic N) is 4. The Labute approximate surface area is 138 Å². The molecule has 1 aromatic heterocycles. The Morgan fingerprint density at radius 3 is 2.78 bits per heavy atom.